The van der Waals surface area contributed by atoms with E-state index < -0.39 is 0 Å². The molecule has 120 valence electrons. The van der Waals surface area contributed by atoms with Crippen LogP contribution < -0.4 is 10.7 Å². The van der Waals surface area contributed by atoms with Gasteiger partial charge in [0.25, 0.3) is 5.91 Å². The van der Waals surface area contributed by atoms with Crippen molar-refractivity contribution in [1.29, 1.82) is 0 Å². The summed E-state index contributed by atoms with van der Waals surface area (Å²) in [5.41, 5.74) is 4.47. The summed E-state index contributed by atoms with van der Waals surface area (Å²) in [6.07, 6.45) is 0.282. The lowest BCUT2D eigenvalue weighted by molar-refractivity contribution is -0.126. The number of carbonyl (C=O) groups is 2. The van der Waals surface area contributed by atoms with Crippen LogP contribution in [0, 0.1) is 6.92 Å². The molecule has 0 saturated carbocycles. The summed E-state index contributed by atoms with van der Waals surface area (Å²) in [7, 11) is 2.07. The number of amides is 2. The van der Waals surface area contributed by atoms with Crippen LogP contribution >= 0.6 is 0 Å². The highest BCUT2D eigenvalue weighted by Gasteiger charge is 2.15. The molecule has 1 aliphatic heterocycles. The van der Waals surface area contributed by atoms with E-state index in [0.29, 0.717) is 12.1 Å². The average Bonchev–Trinajstić information content (AvgIpc) is 2.50. The zero-order valence-electron chi connectivity index (χ0n) is 13.3. The first-order chi connectivity index (χ1) is 10.6. The van der Waals surface area contributed by atoms with Crippen LogP contribution in [0.2, 0.25) is 0 Å². The Labute approximate surface area is 131 Å². The van der Waals surface area contributed by atoms with Crippen LogP contribution in [0.1, 0.15) is 22.3 Å². The number of hydrogen-bond acceptors (Lipinski definition) is 4. The van der Waals surface area contributed by atoms with Crippen molar-refractivity contribution in [2.75, 3.05) is 39.8 Å². The van der Waals surface area contributed by atoms with Crippen LogP contribution in [0.5, 0.6) is 0 Å². The fourth-order valence-corrected chi connectivity index (χ4v) is 2.36. The largest absolute Gasteiger partial charge is 0.352 e. The molecule has 0 spiro atoms. The Kier molecular flexibility index (Phi) is 5.91. The van der Waals surface area contributed by atoms with Gasteiger partial charge in [-0.1, -0.05) is 18.2 Å². The highest BCUT2D eigenvalue weighted by molar-refractivity contribution is 5.95. The zero-order chi connectivity index (χ0) is 15.9. The van der Waals surface area contributed by atoms with E-state index in [4.69, 9.17) is 0 Å². The van der Waals surface area contributed by atoms with Crippen molar-refractivity contribution in [3.63, 3.8) is 0 Å². The molecular formula is C16H24N4O2. The Bertz CT molecular complexity index is 525. The second kappa shape index (κ2) is 7.91. The smallest absolute Gasteiger partial charge is 0.251 e. The Hall–Kier alpha value is -1.92. The molecule has 1 fully saturated rings. The lowest BCUT2D eigenvalue weighted by Gasteiger charge is -2.32. The maximum absolute atomic E-state index is 12.0. The van der Waals surface area contributed by atoms with E-state index in [2.05, 4.69) is 22.7 Å². The van der Waals surface area contributed by atoms with Gasteiger partial charge in [0.15, 0.2) is 0 Å². The summed E-state index contributed by atoms with van der Waals surface area (Å²) < 4.78 is 0. The lowest BCUT2D eigenvalue weighted by atomic mass is 10.1. The molecule has 6 heteroatoms. The van der Waals surface area contributed by atoms with E-state index in [0.717, 1.165) is 31.7 Å². The number of hydrogen-bond donors (Lipinski definition) is 2. The quantitative estimate of drug-likeness (QED) is 0.826. The fourth-order valence-electron chi connectivity index (χ4n) is 2.36. The van der Waals surface area contributed by atoms with E-state index in [9.17, 15) is 9.59 Å². The summed E-state index contributed by atoms with van der Waals surface area (Å²) in [5.74, 6) is -0.194. The molecule has 0 radical (unpaired) electrons. The standard InChI is InChI=1S/C16H24N4O2/c1-13-5-3-4-6-14(13)16(22)17-8-7-15(21)18-20-11-9-19(2)10-12-20/h3-6H,7-12H2,1-2H3,(H,17,22)(H,18,21). The molecule has 2 N–H and O–H groups in total. The minimum atomic E-state index is -0.134. The van der Waals surface area contributed by atoms with Crippen LogP contribution in [0.25, 0.3) is 0 Å². The first kappa shape index (κ1) is 16.5. The molecule has 2 rings (SSSR count). The molecule has 22 heavy (non-hydrogen) atoms. The number of hydrazine groups is 1. The molecule has 1 aliphatic rings. The third kappa shape index (κ3) is 4.82. The van der Waals surface area contributed by atoms with Crippen molar-refractivity contribution in [1.82, 2.24) is 20.7 Å². The van der Waals surface area contributed by atoms with Gasteiger partial charge in [0.1, 0.15) is 0 Å². The van der Waals surface area contributed by atoms with Gasteiger partial charge in [-0.15, -0.1) is 0 Å². The predicted octanol–water partition coefficient (Wildman–Crippen LogP) is 0.394. The molecule has 1 aromatic carbocycles. The van der Waals surface area contributed by atoms with Crippen LogP contribution in [-0.4, -0.2) is 61.5 Å². The van der Waals surface area contributed by atoms with E-state index >= 15 is 0 Å². The molecule has 0 bridgehead atoms. The predicted molar refractivity (Wildman–Crippen MR) is 85.3 cm³/mol. The Balaban J connectivity index is 1.69. The Morgan fingerprint density at radius 3 is 2.50 bits per heavy atom. The molecular weight excluding hydrogens is 280 g/mol. The average molecular weight is 304 g/mol. The van der Waals surface area contributed by atoms with Crippen molar-refractivity contribution in [2.45, 2.75) is 13.3 Å². The topological polar surface area (TPSA) is 64.7 Å². The molecule has 0 aliphatic carbocycles. The van der Waals surface area contributed by atoms with Crippen molar-refractivity contribution in [3.05, 3.63) is 35.4 Å². The molecule has 6 nitrogen and oxygen atoms in total. The monoisotopic (exact) mass is 304 g/mol. The van der Waals surface area contributed by atoms with Gasteiger partial charge in [-0.2, -0.15) is 0 Å². The van der Waals surface area contributed by atoms with E-state index in [1.165, 1.54) is 0 Å². The van der Waals surface area contributed by atoms with Gasteiger partial charge in [-0.05, 0) is 25.6 Å². The lowest BCUT2D eigenvalue weighted by Crippen LogP contribution is -2.52. The van der Waals surface area contributed by atoms with E-state index in [1.807, 2.05) is 30.1 Å². The second-order valence-corrected chi connectivity index (χ2v) is 5.65. The number of nitrogens with zero attached hydrogens (tertiary/aromatic N) is 2. The number of piperazine rings is 1. The van der Waals surface area contributed by atoms with Gasteiger partial charge < -0.3 is 10.2 Å². The first-order valence-electron chi connectivity index (χ1n) is 7.63. The number of carbonyl (C=O) groups excluding carboxylic acids is 2. The first-order valence-corrected chi connectivity index (χ1v) is 7.63. The molecule has 1 saturated heterocycles. The summed E-state index contributed by atoms with van der Waals surface area (Å²) in [4.78, 5) is 26.1. The maximum Gasteiger partial charge on any atom is 0.251 e. The molecule has 1 heterocycles. The van der Waals surface area contributed by atoms with Crippen molar-refractivity contribution in [2.24, 2.45) is 0 Å². The normalized spacial score (nSPS) is 16.3. The summed E-state index contributed by atoms with van der Waals surface area (Å²) in [5, 5.41) is 4.72. The number of rotatable bonds is 5. The second-order valence-electron chi connectivity index (χ2n) is 5.65. The SMILES string of the molecule is Cc1ccccc1C(=O)NCCC(=O)NN1CCN(C)CC1. The molecule has 0 unspecified atom stereocenters. The summed E-state index contributed by atoms with van der Waals surface area (Å²) in [6, 6.07) is 7.42. The molecule has 2 amide bonds. The number of nitrogens with one attached hydrogen (secondary N) is 2. The fraction of sp³-hybridized carbons (Fsp3) is 0.500. The highest BCUT2D eigenvalue weighted by atomic mass is 16.2. The van der Waals surface area contributed by atoms with Gasteiger partial charge in [0, 0.05) is 44.7 Å². The minimum Gasteiger partial charge on any atom is -0.352 e. The minimum absolute atomic E-state index is 0.0605. The van der Waals surface area contributed by atoms with Gasteiger partial charge in [0.2, 0.25) is 5.91 Å². The van der Waals surface area contributed by atoms with Crippen molar-refractivity contribution in [3.8, 4) is 0 Å². The van der Waals surface area contributed by atoms with Gasteiger partial charge in [-0.25, -0.2) is 5.01 Å². The maximum atomic E-state index is 12.0. The number of benzene rings is 1. The van der Waals surface area contributed by atoms with Crippen LogP contribution in [-0.2, 0) is 4.79 Å². The van der Waals surface area contributed by atoms with Crippen LogP contribution in [0.4, 0.5) is 0 Å². The summed E-state index contributed by atoms with van der Waals surface area (Å²) in [6.45, 7) is 5.80. The number of aryl methyl sites for hydroxylation is 1. The Morgan fingerprint density at radius 1 is 1.14 bits per heavy atom. The Morgan fingerprint density at radius 2 is 1.82 bits per heavy atom. The van der Waals surface area contributed by atoms with Gasteiger partial charge in [-0.3, -0.25) is 15.0 Å². The summed E-state index contributed by atoms with van der Waals surface area (Å²) >= 11 is 0. The highest BCUT2D eigenvalue weighted by Crippen LogP contribution is 2.06. The number of likely N-dealkylation sites (N-methyl/N-ethyl adjacent to an activating group) is 1. The zero-order valence-corrected chi connectivity index (χ0v) is 13.3. The third-order valence-electron chi connectivity index (χ3n) is 3.81. The third-order valence-corrected chi connectivity index (χ3v) is 3.81. The van der Waals surface area contributed by atoms with Crippen molar-refractivity contribution >= 4 is 11.8 Å². The van der Waals surface area contributed by atoms with E-state index in [1.54, 1.807) is 6.07 Å². The molecule has 0 aromatic heterocycles. The molecule has 0 atom stereocenters. The van der Waals surface area contributed by atoms with Gasteiger partial charge >= 0.3 is 0 Å². The van der Waals surface area contributed by atoms with Crippen LogP contribution in [0.3, 0.4) is 0 Å². The van der Waals surface area contributed by atoms with Crippen LogP contribution in [0.15, 0.2) is 24.3 Å². The van der Waals surface area contributed by atoms with E-state index in [-0.39, 0.29) is 18.2 Å². The van der Waals surface area contributed by atoms with Crippen molar-refractivity contribution < 1.29 is 9.59 Å². The molecule has 1 aromatic rings. The van der Waals surface area contributed by atoms with Gasteiger partial charge in [0.05, 0.1) is 0 Å².